The van der Waals surface area contributed by atoms with Crippen LogP contribution in [-0.2, 0) is 4.79 Å². The number of piperidine rings is 1. The van der Waals surface area contributed by atoms with Gasteiger partial charge in [0.1, 0.15) is 5.75 Å². The van der Waals surface area contributed by atoms with Crippen molar-refractivity contribution in [2.75, 3.05) is 19.7 Å². The summed E-state index contributed by atoms with van der Waals surface area (Å²) in [7, 11) is 0. The number of hydrogen-bond acceptors (Lipinski definition) is 4. The van der Waals surface area contributed by atoms with Crippen LogP contribution in [0.4, 0.5) is 0 Å². The molecule has 0 saturated carbocycles. The van der Waals surface area contributed by atoms with Gasteiger partial charge in [-0.2, -0.15) is 0 Å². The average molecular weight is 380 g/mol. The summed E-state index contributed by atoms with van der Waals surface area (Å²) in [4.78, 5) is 14.8. The zero-order valence-corrected chi connectivity index (χ0v) is 15.7. The normalized spacial score (nSPS) is 17.4. The maximum atomic E-state index is 11.3. The summed E-state index contributed by atoms with van der Waals surface area (Å²) in [6, 6.07) is 12.1. The van der Waals surface area contributed by atoms with E-state index in [-0.39, 0.29) is 12.0 Å². The number of likely N-dealkylation sites (tertiary alicyclic amines) is 1. The number of carbonyl (C=O) groups is 1. The lowest BCUT2D eigenvalue weighted by atomic mass is 9.93. The number of rotatable bonds is 6. The van der Waals surface area contributed by atoms with E-state index in [1.807, 2.05) is 31.2 Å². The first kappa shape index (κ1) is 18.2. The average Bonchev–Trinajstić information content (AvgIpc) is 3.03. The summed E-state index contributed by atoms with van der Waals surface area (Å²) in [5.41, 5.74) is 1.11. The second-order valence-electron chi connectivity index (χ2n) is 6.16. The minimum Gasteiger partial charge on any atom is -0.494 e. The van der Waals surface area contributed by atoms with E-state index in [1.54, 1.807) is 11.3 Å². The van der Waals surface area contributed by atoms with Crippen molar-refractivity contribution in [3.8, 4) is 5.75 Å². The first-order chi connectivity index (χ1) is 12.1. The molecular weight excluding hydrogens is 358 g/mol. The third-order valence-electron chi connectivity index (χ3n) is 4.62. The van der Waals surface area contributed by atoms with Gasteiger partial charge in [0, 0.05) is 10.4 Å². The molecule has 0 aliphatic carbocycles. The number of thiophene rings is 1. The van der Waals surface area contributed by atoms with Gasteiger partial charge in [-0.25, -0.2) is 0 Å². The summed E-state index contributed by atoms with van der Waals surface area (Å²) in [6.07, 6.45) is 1.34. The van der Waals surface area contributed by atoms with E-state index in [0.29, 0.717) is 19.4 Å². The van der Waals surface area contributed by atoms with Crippen LogP contribution in [0.2, 0.25) is 4.34 Å². The Kier molecular flexibility index (Phi) is 5.99. The number of hydrogen-bond donors (Lipinski definition) is 1. The van der Waals surface area contributed by atoms with Crippen LogP contribution in [0.15, 0.2) is 36.4 Å². The van der Waals surface area contributed by atoms with E-state index in [1.165, 1.54) is 0 Å². The van der Waals surface area contributed by atoms with E-state index in [0.717, 1.165) is 33.6 Å². The van der Waals surface area contributed by atoms with Crippen molar-refractivity contribution in [1.82, 2.24) is 4.90 Å². The van der Waals surface area contributed by atoms with Crippen LogP contribution in [-0.4, -0.2) is 35.7 Å². The smallest absolute Gasteiger partial charge is 0.306 e. The van der Waals surface area contributed by atoms with E-state index in [2.05, 4.69) is 17.0 Å². The van der Waals surface area contributed by atoms with Crippen molar-refractivity contribution in [3.63, 3.8) is 0 Å². The van der Waals surface area contributed by atoms with E-state index < -0.39 is 5.97 Å². The van der Waals surface area contributed by atoms with Crippen LogP contribution in [0.1, 0.15) is 36.2 Å². The van der Waals surface area contributed by atoms with E-state index in [4.69, 9.17) is 16.3 Å². The SMILES string of the molecule is CCOc1ccccc1C(c1ccc(Cl)s1)N1CCC(C(=O)O)CC1. The molecule has 1 N–H and O–H groups in total. The van der Waals surface area contributed by atoms with Crippen LogP contribution in [0.3, 0.4) is 0 Å². The maximum absolute atomic E-state index is 11.3. The summed E-state index contributed by atoms with van der Waals surface area (Å²) in [5, 5.41) is 9.26. The van der Waals surface area contributed by atoms with Gasteiger partial charge in [-0.05, 0) is 51.1 Å². The van der Waals surface area contributed by atoms with Gasteiger partial charge in [0.25, 0.3) is 0 Å². The van der Waals surface area contributed by atoms with Crippen molar-refractivity contribution in [1.29, 1.82) is 0 Å². The third-order valence-corrected chi connectivity index (χ3v) is 5.90. The van der Waals surface area contributed by atoms with Gasteiger partial charge in [0.2, 0.25) is 0 Å². The first-order valence-electron chi connectivity index (χ1n) is 8.54. The standard InChI is InChI=1S/C19H22ClNO3S/c1-2-24-15-6-4-3-5-14(15)18(16-7-8-17(20)25-16)21-11-9-13(10-12-21)19(22)23/h3-8,13,18H,2,9-12H2,1H3,(H,22,23). The second-order valence-corrected chi connectivity index (χ2v) is 7.91. The van der Waals surface area contributed by atoms with Crippen molar-refractivity contribution >= 4 is 28.9 Å². The van der Waals surface area contributed by atoms with Crippen LogP contribution in [0.25, 0.3) is 0 Å². The molecule has 1 aliphatic heterocycles. The second kappa shape index (κ2) is 8.21. The monoisotopic (exact) mass is 379 g/mol. The van der Waals surface area contributed by atoms with Gasteiger partial charge in [-0.3, -0.25) is 9.69 Å². The summed E-state index contributed by atoms with van der Waals surface area (Å²) >= 11 is 7.76. The number of ether oxygens (including phenoxy) is 1. The maximum Gasteiger partial charge on any atom is 0.306 e. The fourth-order valence-corrected chi connectivity index (χ4v) is 4.62. The fourth-order valence-electron chi connectivity index (χ4n) is 3.40. The Balaban J connectivity index is 1.93. The third kappa shape index (κ3) is 4.17. The van der Waals surface area contributed by atoms with Crippen molar-refractivity contribution in [3.05, 3.63) is 51.2 Å². The Morgan fingerprint density at radius 1 is 1.32 bits per heavy atom. The lowest BCUT2D eigenvalue weighted by Crippen LogP contribution is -2.39. The molecule has 1 saturated heterocycles. The molecule has 25 heavy (non-hydrogen) atoms. The van der Waals surface area contributed by atoms with Gasteiger partial charge in [-0.15, -0.1) is 11.3 Å². The highest BCUT2D eigenvalue weighted by atomic mass is 35.5. The lowest BCUT2D eigenvalue weighted by Gasteiger charge is -2.37. The molecule has 0 amide bonds. The molecule has 0 radical (unpaired) electrons. The number of halogens is 1. The summed E-state index contributed by atoms with van der Waals surface area (Å²) in [6.45, 7) is 4.08. The Bertz CT molecular complexity index is 725. The van der Waals surface area contributed by atoms with Gasteiger partial charge in [0.15, 0.2) is 0 Å². The van der Waals surface area contributed by atoms with Gasteiger partial charge in [0.05, 0.1) is 22.9 Å². The molecule has 1 atom stereocenters. The molecule has 2 heterocycles. The van der Waals surface area contributed by atoms with Gasteiger partial charge >= 0.3 is 5.97 Å². The highest BCUT2D eigenvalue weighted by Crippen LogP contribution is 2.40. The van der Waals surface area contributed by atoms with Crippen molar-refractivity contribution in [2.45, 2.75) is 25.8 Å². The number of nitrogens with zero attached hydrogens (tertiary/aromatic N) is 1. The summed E-state index contributed by atoms with van der Waals surface area (Å²) < 4.78 is 6.61. The minimum absolute atomic E-state index is 0.0370. The van der Waals surface area contributed by atoms with E-state index in [9.17, 15) is 9.90 Å². The molecule has 6 heteroatoms. The minimum atomic E-state index is -0.690. The molecule has 1 unspecified atom stereocenters. The van der Waals surface area contributed by atoms with Crippen molar-refractivity contribution < 1.29 is 14.6 Å². The highest BCUT2D eigenvalue weighted by molar-refractivity contribution is 7.16. The molecule has 4 nitrogen and oxygen atoms in total. The van der Waals surface area contributed by atoms with Crippen LogP contribution >= 0.6 is 22.9 Å². The molecular formula is C19H22ClNO3S. The fraction of sp³-hybridized carbons (Fsp3) is 0.421. The molecule has 3 rings (SSSR count). The Hall–Kier alpha value is -1.56. The predicted molar refractivity (Wildman–Crippen MR) is 101 cm³/mol. The Morgan fingerprint density at radius 3 is 2.64 bits per heavy atom. The molecule has 1 aromatic heterocycles. The molecule has 2 aromatic rings. The summed E-state index contributed by atoms with van der Waals surface area (Å²) in [5.74, 6) is -0.0593. The zero-order chi connectivity index (χ0) is 17.8. The lowest BCUT2D eigenvalue weighted by molar-refractivity contribution is -0.143. The van der Waals surface area contributed by atoms with Crippen LogP contribution < -0.4 is 4.74 Å². The van der Waals surface area contributed by atoms with Crippen LogP contribution in [0.5, 0.6) is 5.75 Å². The highest BCUT2D eigenvalue weighted by Gasteiger charge is 2.32. The molecule has 1 aromatic carbocycles. The Morgan fingerprint density at radius 2 is 2.04 bits per heavy atom. The quantitative estimate of drug-likeness (QED) is 0.791. The number of carboxylic acids is 1. The molecule has 1 aliphatic rings. The molecule has 0 spiro atoms. The van der Waals surface area contributed by atoms with Crippen molar-refractivity contribution in [2.24, 2.45) is 5.92 Å². The Labute approximate surface area is 157 Å². The number of para-hydroxylation sites is 1. The predicted octanol–water partition coefficient (Wildman–Crippen LogP) is 4.69. The molecule has 134 valence electrons. The van der Waals surface area contributed by atoms with Gasteiger partial charge in [-0.1, -0.05) is 29.8 Å². The number of carboxylic acid groups (broad SMARTS) is 1. The number of aliphatic carboxylic acids is 1. The van der Waals surface area contributed by atoms with Gasteiger partial charge < -0.3 is 9.84 Å². The van der Waals surface area contributed by atoms with Crippen LogP contribution in [0, 0.1) is 5.92 Å². The molecule has 0 bridgehead atoms. The zero-order valence-electron chi connectivity index (χ0n) is 14.2. The molecule has 1 fully saturated rings. The topological polar surface area (TPSA) is 49.8 Å². The number of benzene rings is 1. The largest absolute Gasteiger partial charge is 0.494 e. The van der Waals surface area contributed by atoms with E-state index >= 15 is 0 Å². The first-order valence-corrected chi connectivity index (χ1v) is 9.73.